The summed E-state index contributed by atoms with van der Waals surface area (Å²) >= 11 is 0. The molecule has 0 aromatic carbocycles. The lowest BCUT2D eigenvalue weighted by Crippen LogP contribution is -2.69. The maximum absolute atomic E-state index is 12.2. The summed E-state index contributed by atoms with van der Waals surface area (Å²) in [6.07, 6.45) is -8.07. The monoisotopic (exact) mass is 800 g/mol. The zero-order valence-electron chi connectivity index (χ0n) is 34.4. The van der Waals surface area contributed by atoms with Gasteiger partial charge in [0, 0.05) is 12.0 Å². The summed E-state index contributed by atoms with van der Waals surface area (Å²) in [7, 11) is 0. The molecule has 324 valence electrons. The van der Waals surface area contributed by atoms with E-state index in [4.69, 9.17) is 18.9 Å². The van der Waals surface area contributed by atoms with E-state index < -0.39 is 103 Å². The van der Waals surface area contributed by atoms with Gasteiger partial charge in [-0.1, -0.05) is 39.3 Å². The Morgan fingerprint density at radius 3 is 1.95 bits per heavy atom. The third-order valence-corrected chi connectivity index (χ3v) is 16.6. The first-order valence-electron chi connectivity index (χ1n) is 21.0. The number of aliphatic hydroxyl groups is 10. The maximum atomic E-state index is 12.2. The molecular weight excluding hydrogens is 728 g/mol. The first kappa shape index (κ1) is 44.7. The molecule has 2 heterocycles. The molecule has 6 fully saturated rings. The Balaban J connectivity index is 1.25. The summed E-state index contributed by atoms with van der Waals surface area (Å²) in [5, 5.41) is 109. The molecule has 0 bridgehead atoms. The van der Waals surface area contributed by atoms with Crippen LogP contribution < -0.4 is 0 Å². The first-order chi connectivity index (χ1) is 26.1. The minimum Gasteiger partial charge on any atom is -0.396 e. The molecule has 0 aromatic rings. The van der Waals surface area contributed by atoms with Crippen molar-refractivity contribution in [1.29, 1.82) is 0 Å². The molecule has 56 heavy (non-hydrogen) atoms. The lowest BCUT2D eigenvalue weighted by Gasteiger charge is -2.71. The van der Waals surface area contributed by atoms with E-state index in [0.717, 1.165) is 32.1 Å². The highest BCUT2D eigenvalue weighted by Gasteiger charge is 2.72. The van der Waals surface area contributed by atoms with Crippen LogP contribution in [-0.2, 0) is 18.9 Å². The Hall–Kier alpha value is -0.820. The largest absolute Gasteiger partial charge is 0.396 e. The van der Waals surface area contributed by atoms with Crippen LogP contribution in [0.25, 0.3) is 0 Å². The predicted molar refractivity (Wildman–Crippen MR) is 202 cm³/mol. The summed E-state index contributed by atoms with van der Waals surface area (Å²) < 4.78 is 24.3. The second kappa shape index (κ2) is 16.2. The van der Waals surface area contributed by atoms with Crippen molar-refractivity contribution in [2.45, 2.75) is 185 Å². The van der Waals surface area contributed by atoms with Crippen LogP contribution in [-0.4, -0.2) is 150 Å². The van der Waals surface area contributed by atoms with E-state index in [-0.39, 0.29) is 41.1 Å². The number of allylic oxidation sites excluding steroid dienone is 2. The molecule has 14 nitrogen and oxygen atoms in total. The molecule has 0 unspecified atom stereocenters. The standard InChI is InChI=1S/C42H72O14/c1-21(2)9-8-13-41(7,52)22-10-14-40(6)29(22)23(46)17-27-39(40,5)15-11-26-38(3,4)28(12-16-42(26,27)20-45)55-37-35(33(50)31(48)25(19-44)54-37)56-36-34(51)32(49)30(47)24(18-43)53-36/h9,22-37,43-52H,8,10-20H2,1-7H3/t22-,23+,24+,25+,26-,27-,28-,29-,30+,31+,32-,33-,34+,35+,36-,37-,39+,40+,41+,42+/m0/s1. The second-order valence-electron chi connectivity index (χ2n) is 20.0. The van der Waals surface area contributed by atoms with Gasteiger partial charge in [0.15, 0.2) is 12.6 Å². The molecular formula is C42H72O14. The summed E-state index contributed by atoms with van der Waals surface area (Å²) in [6, 6.07) is 0. The SMILES string of the molecule is CC(C)=CCC[C@@](C)(O)[C@H]1CC[C@]2(C)[C@@H]1[C@H](O)C[C@@H]1[C@@]3(CO)CC[C@H](O[C@@H]4O[C@H](CO)[C@@H](O)[C@H](O)[C@H]4O[C@@H]4O[C@H](CO)[C@@H](O)[C@H](O)[C@H]4O)C(C)(C)[C@@H]3CC[C@]12C. The number of ether oxygens (including phenoxy) is 4. The Bertz CT molecular complexity index is 1390. The van der Waals surface area contributed by atoms with Crippen molar-refractivity contribution in [3.8, 4) is 0 Å². The zero-order valence-corrected chi connectivity index (χ0v) is 34.4. The van der Waals surface area contributed by atoms with Gasteiger partial charge in [-0.25, -0.2) is 0 Å². The van der Waals surface area contributed by atoms with E-state index in [0.29, 0.717) is 25.7 Å². The number of aliphatic hydroxyl groups excluding tert-OH is 9. The summed E-state index contributed by atoms with van der Waals surface area (Å²) in [4.78, 5) is 0. The smallest absolute Gasteiger partial charge is 0.187 e. The van der Waals surface area contributed by atoms with Gasteiger partial charge in [-0.3, -0.25) is 0 Å². The van der Waals surface area contributed by atoms with Gasteiger partial charge >= 0.3 is 0 Å². The van der Waals surface area contributed by atoms with Crippen LogP contribution in [0.2, 0.25) is 0 Å². The molecule has 0 radical (unpaired) electrons. The molecule has 6 rings (SSSR count). The van der Waals surface area contributed by atoms with Crippen LogP contribution >= 0.6 is 0 Å². The number of rotatable bonds is 11. The van der Waals surface area contributed by atoms with Crippen LogP contribution in [0.1, 0.15) is 106 Å². The first-order valence-corrected chi connectivity index (χ1v) is 21.0. The van der Waals surface area contributed by atoms with Gasteiger partial charge in [0.1, 0.15) is 48.8 Å². The fourth-order valence-corrected chi connectivity index (χ4v) is 13.3. The van der Waals surface area contributed by atoms with Crippen molar-refractivity contribution in [1.82, 2.24) is 0 Å². The quantitative estimate of drug-likeness (QED) is 0.104. The summed E-state index contributed by atoms with van der Waals surface area (Å²) in [5.41, 5.74) is -1.31. The average Bonchev–Trinajstić information content (AvgIpc) is 3.53. The van der Waals surface area contributed by atoms with Crippen molar-refractivity contribution in [2.24, 2.45) is 45.3 Å². The molecule has 4 aliphatic carbocycles. The van der Waals surface area contributed by atoms with Crippen molar-refractivity contribution >= 4 is 0 Å². The molecule has 10 N–H and O–H groups in total. The fourth-order valence-electron chi connectivity index (χ4n) is 13.3. The Morgan fingerprint density at radius 2 is 1.34 bits per heavy atom. The van der Waals surface area contributed by atoms with E-state index in [1.807, 2.05) is 6.92 Å². The Labute approximate surface area is 331 Å². The minimum absolute atomic E-state index is 0.00599. The van der Waals surface area contributed by atoms with Crippen LogP contribution in [0, 0.1) is 45.3 Å². The highest BCUT2D eigenvalue weighted by Crippen LogP contribution is 2.76. The van der Waals surface area contributed by atoms with Gasteiger partial charge in [-0.2, -0.15) is 0 Å². The fraction of sp³-hybridized carbons (Fsp3) is 0.952. The van der Waals surface area contributed by atoms with Crippen molar-refractivity contribution in [3.05, 3.63) is 11.6 Å². The molecule has 14 heteroatoms. The van der Waals surface area contributed by atoms with E-state index in [1.165, 1.54) is 5.57 Å². The summed E-state index contributed by atoms with van der Waals surface area (Å²) in [5.74, 6) is -0.171. The average molecular weight is 801 g/mol. The van der Waals surface area contributed by atoms with Crippen LogP contribution in [0.3, 0.4) is 0 Å². The lowest BCUT2D eigenvalue weighted by molar-refractivity contribution is -0.379. The van der Waals surface area contributed by atoms with Crippen LogP contribution in [0.5, 0.6) is 0 Å². The topological polar surface area (TPSA) is 239 Å². The second-order valence-corrected chi connectivity index (χ2v) is 20.0. The van der Waals surface area contributed by atoms with E-state index in [9.17, 15) is 51.1 Å². The van der Waals surface area contributed by atoms with E-state index >= 15 is 0 Å². The molecule has 0 amide bonds. The third-order valence-electron chi connectivity index (χ3n) is 16.6. The van der Waals surface area contributed by atoms with Crippen molar-refractivity contribution in [2.75, 3.05) is 19.8 Å². The van der Waals surface area contributed by atoms with Crippen LogP contribution in [0.15, 0.2) is 11.6 Å². The molecule has 0 spiro atoms. The molecule has 20 atom stereocenters. The Kier molecular flexibility index (Phi) is 13.0. The molecule has 2 aliphatic heterocycles. The summed E-state index contributed by atoms with van der Waals surface area (Å²) in [6.45, 7) is 13.5. The van der Waals surface area contributed by atoms with Gasteiger partial charge in [-0.05, 0) is 118 Å². The molecule has 0 aromatic heterocycles. The maximum Gasteiger partial charge on any atom is 0.187 e. The molecule has 6 aliphatic rings. The lowest BCUT2D eigenvalue weighted by atomic mass is 9.34. The van der Waals surface area contributed by atoms with Gasteiger partial charge in [0.2, 0.25) is 0 Å². The zero-order chi connectivity index (χ0) is 41.3. The molecule has 4 saturated carbocycles. The van der Waals surface area contributed by atoms with E-state index in [2.05, 4.69) is 47.6 Å². The number of fused-ring (bicyclic) bond motifs is 5. The van der Waals surface area contributed by atoms with Crippen molar-refractivity contribution in [3.63, 3.8) is 0 Å². The van der Waals surface area contributed by atoms with Crippen LogP contribution in [0.4, 0.5) is 0 Å². The normalized spacial score (nSPS) is 51.3. The van der Waals surface area contributed by atoms with Gasteiger partial charge in [0.05, 0.1) is 31.0 Å². The third kappa shape index (κ3) is 7.16. The molecule has 2 saturated heterocycles. The highest BCUT2D eigenvalue weighted by atomic mass is 16.8. The van der Waals surface area contributed by atoms with Gasteiger partial charge in [0.25, 0.3) is 0 Å². The van der Waals surface area contributed by atoms with Gasteiger partial charge < -0.3 is 70.0 Å². The predicted octanol–water partition coefficient (Wildman–Crippen LogP) is 1.12. The number of hydrogen-bond donors (Lipinski definition) is 10. The van der Waals surface area contributed by atoms with Gasteiger partial charge in [-0.15, -0.1) is 0 Å². The van der Waals surface area contributed by atoms with Crippen molar-refractivity contribution < 1.29 is 70.0 Å². The minimum atomic E-state index is -1.78. The number of hydrogen-bond acceptors (Lipinski definition) is 14. The highest BCUT2D eigenvalue weighted by molar-refractivity contribution is 5.21. The Morgan fingerprint density at radius 1 is 0.732 bits per heavy atom. The van der Waals surface area contributed by atoms with E-state index in [1.54, 1.807) is 0 Å².